The predicted octanol–water partition coefficient (Wildman–Crippen LogP) is 3.45. The van der Waals surface area contributed by atoms with Crippen LogP contribution in [-0.4, -0.2) is 13.7 Å². The van der Waals surface area contributed by atoms with E-state index in [1.165, 1.54) is 13.2 Å². The van der Waals surface area contributed by atoms with Gasteiger partial charge in [-0.2, -0.15) is 0 Å². The fourth-order valence-corrected chi connectivity index (χ4v) is 1.65. The first-order chi connectivity index (χ1) is 8.19. The second-order valence-corrected chi connectivity index (χ2v) is 3.92. The normalized spacial score (nSPS) is 12.9. The van der Waals surface area contributed by atoms with E-state index in [9.17, 15) is 4.39 Å². The van der Waals surface area contributed by atoms with Crippen molar-refractivity contribution in [2.45, 2.75) is 26.3 Å². The zero-order chi connectivity index (χ0) is 12.7. The molecule has 1 aromatic carbocycles. The molecule has 0 aliphatic heterocycles. The molecule has 0 bridgehead atoms. The molecule has 3 heteroatoms. The molecule has 1 N–H and O–H groups in total. The topological polar surface area (TPSA) is 21.3 Å². The number of nitrogens with one attached hydrogen (secondary N) is 1. The average molecular weight is 237 g/mol. The van der Waals surface area contributed by atoms with E-state index in [1.54, 1.807) is 12.1 Å². The summed E-state index contributed by atoms with van der Waals surface area (Å²) in [7, 11) is 1.53. The Morgan fingerprint density at radius 2 is 2.24 bits per heavy atom. The van der Waals surface area contributed by atoms with Crippen molar-refractivity contribution < 1.29 is 9.13 Å². The maximum absolute atomic E-state index is 13.7. The highest BCUT2D eigenvalue weighted by molar-refractivity contribution is 5.30. The van der Waals surface area contributed by atoms with Gasteiger partial charge in [-0.15, -0.1) is 0 Å². The van der Waals surface area contributed by atoms with Crippen LogP contribution in [0, 0.1) is 5.82 Å². The third-order valence-corrected chi connectivity index (χ3v) is 2.67. The predicted molar refractivity (Wildman–Crippen MR) is 68.8 cm³/mol. The van der Waals surface area contributed by atoms with Crippen LogP contribution >= 0.6 is 0 Å². The van der Waals surface area contributed by atoms with Crippen molar-refractivity contribution in [3.63, 3.8) is 0 Å². The van der Waals surface area contributed by atoms with E-state index < -0.39 is 0 Å². The summed E-state index contributed by atoms with van der Waals surface area (Å²) < 4.78 is 18.7. The Labute approximate surface area is 102 Å². The summed E-state index contributed by atoms with van der Waals surface area (Å²) >= 11 is 0. The Morgan fingerprint density at radius 3 is 2.82 bits per heavy atom. The number of hydrogen-bond acceptors (Lipinski definition) is 2. The van der Waals surface area contributed by atoms with Gasteiger partial charge in [0.1, 0.15) is 11.6 Å². The van der Waals surface area contributed by atoms with Crippen LogP contribution in [0.3, 0.4) is 0 Å². The molecule has 1 unspecified atom stereocenters. The van der Waals surface area contributed by atoms with Gasteiger partial charge in [0.25, 0.3) is 0 Å². The molecule has 2 nitrogen and oxygen atoms in total. The number of halogens is 1. The third-order valence-electron chi connectivity index (χ3n) is 2.67. The lowest BCUT2D eigenvalue weighted by Gasteiger charge is -2.15. The number of hydrogen-bond donors (Lipinski definition) is 1. The van der Waals surface area contributed by atoms with E-state index >= 15 is 0 Å². The summed E-state index contributed by atoms with van der Waals surface area (Å²) in [6.07, 6.45) is 5.06. The summed E-state index contributed by atoms with van der Waals surface area (Å²) in [6.45, 7) is 4.80. The molecule has 1 aromatic rings. The number of benzene rings is 1. The van der Waals surface area contributed by atoms with E-state index in [2.05, 4.69) is 11.4 Å². The molecule has 17 heavy (non-hydrogen) atoms. The van der Waals surface area contributed by atoms with Gasteiger partial charge in [0, 0.05) is 17.7 Å². The van der Waals surface area contributed by atoms with Crippen LogP contribution in [0.25, 0.3) is 0 Å². The molecule has 1 rings (SSSR count). The zero-order valence-electron chi connectivity index (χ0n) is 10.7. The zero-order valence-corrected chi connectivity index (χ0v) is 10.7. The summed E-state index contributed by atoms with van der Waals surface area (Å²) in [6, 6.07) is 4.97. The number of allylic oxidation sites excluding steroid dienone is 1. The van der Waals surface area contributed by atoms with Crippen LogP contribution in [0.4, 0.5) is 4.39 Å². The first kappa shape index (κ1) is 13.7. The first-order valence-electron chi connectivity index (χ1n) is 5.87. The SMILES string of the molecule is C/C=C/CCNC(C)c1ccc(OC)cc1F. The van der Waals surface area contributed by atoms with Crippen LogP contribution in [0.2, 0.25) is 0 Å². The molecule has 0 radical (unpaired) electrons. The monoisotopic (exact) mass is 237 g/mol. The average Bonchev–Trinajstić information content (AvgIpc) is 2.34. The quantitative estimate of drug-likeness (QED) is 0.604. The first-order valence-corrected chi connectivity index (χ1v) is 5.87. The van der Waals surface area contributed by atoms with E-state index in [0.29, 0.717) is 11.3 Å². The van der Waals surface area contributed by atoms with Crippen molar-refractivity contribution in [2.24, 2.45) is 0 Å². The van der Waals surface area contributed by atoms with Gasteiger partial charge in [-0.1, -0.05) is 18.2 Å². The maximum atomic E-state index is 13.7. The van der Waals surface area contributed by atoms with Crippen LogP contribution in [0.5, 0.6) is 5.75 Å². The highest BCUT2D eigenvalue weighted by Crippen LogP contribution is 2.21. The third kappa shape index (κ3) is 4.19. The summed E-state index contributed by atoms with van der Waals surface area (Å²) in [4.78, 5) is 0. The standard InChI is InChI=1S/C14H20FNO/c1-4-5-6-9-16-11(2)13-8-7-12(17-3)10-14(13)15/h4-5,7-8,10-11,16H,6,9H2,1-3H3/b5-4+. The van der Waals surface area contributed by atoms with Crippen LogP contribution in [-0.2, 0) is 0 Å². The van der Waals surface area contributed by atoms with E-state index in [0.717, 1.165) is 13.0 Å². The lowest BCUT2D eigenvalue weighted by Crippen LogP contribution is -2.20. The van der Waals surface area contributed by atoms with Crippen molar-refractivity contribution in [2.75, 3.05) is 13.7 Å². The molecule has 94 valence electrons. The van der Waals surface area contributed by atoms with Crippen molar-refractivity contribution in [1.82, 2.24) is 5.32 Å². The molecule has 0 aliphatic rings. The minimum absolute atomic E-state index is 0.00571. The lowest BCUT2D eigenvalue weighted by molar-refractivity contribution is 0.409. The van der Waals surface area contributed by atoms with Crippen molar-refractivity contribution in [3.8, 4) is 5.75 Å². The Morgan fingerprint density at radius 1 is 1.47 bits per heavy atom. The van der Waals surface area contributed by atoms with Crippen LogP contribution in [0.1, 0.15) is 31.9 Å². The van der Waals surface area contributed by atoms with Gasteiger partial charge in [0.05, 0.1) is 7.11 Å². The second kappa shape index (κ2) is 7.07. The molecule has 0 heterocycles. The highest BCUT2D eigenvalue weighted by atomic mass is 19.1. The van der Waals surface area contributed by atoms with E-state index in [1.807, 2.05) is 19.9 Å². The minimum atomic E-state index is -0.226. The van der Waals surface area contributed by atoms with Crippen molar-refractivity contribution >= 4 is 0 Å². The Hall–Kier alpha value is -1.35. The smallest absolute Gasteiger partial charge is 0.131 e. The molecular formula is C14H20FNO. The summed E-state index contributed by atoms with van der Waals surface area (Å²) in [5.74, 6) is 0.322. The van der Waals surface area contributed by atoms with Crippen LogP contribution in [0.15, 0.2) is 30.4 Å². The molecule has 0 saturated heterocycles. The molecule has 0 aromatic heterocycles. The molecule has 0 fully saturated rings. The largest absolute Gasteiger partial charge is 0.497 e. The minimum Gasteiger partial charge on any atom is -0.497 e. The molecular weight excluding hydrogens is 217 g/mol. The number of rotatable bonds is 6. The van der Waals surface area contributed by atoms with Gasteiger partial charge in [-0.3, -0.25) is 0 Å². The van der Waals surface area contributed by atoms with E-state index in [4.69, 9.17) is 4.74 Å². The summed E-state index contributed by atoms with van der Waals surface area (Å²) in [5, 5.41) is 3.28. The number of methoxy groups -OCH3 is 1. The Balaban J connectivity index is 2.59. The Kier molecular flexibility index (Phi) is 5.70. The maximum Gasteiger partial charge on any atom is 0.131 e. The second-order valence-electron chi connectivity index (χ2n) is 3.92. The molecule has 0 spiro atoms. The lowest BCUT2D eigenvalue weighted by atomic mass is 10.1. The molecule has 0 aliphatic carbocycles. The van der Waals surface area contributed by atoms with Gasteiger partial charge < -0.3 is 10.1 Å². The Bertz CT molecular complexity index is 376. The van der Waals surface area contributed by atoms with Gasteiger partial charge in [-0.05, 0) is 32.9 Å². The summed E-state index contributed by atoms with van der Waals surface area (Å²) in [5.41, 5.74) is 0.672. The number of ether oxygens (including phenoxy) is 1. The van der Waals surface area contributed by atoms with Crippen molar-refractivity contribution in [1.29, 1.82) is 0 Å². The fraction of sp³-hybridized carbons (Fsp3) is 0.429. The molecule has 0 amide bonds. The molecule has 1 atom stereocenters. The molecule has 0 saturated carbocycles. The van der Waals surface area contributed by atoms with Gasteiger partial charge in [0.2, 0.25) is 0 Å². The van der Waals surface area contributed by atoms with Crippen LogP contribution < -0.4 is 10.1 Å². The highest BCUT2D eigenvalue weighted by Gasteiger charge is 2.10. The van der Waals surface area contributed by atoms with Gasteiger partial charge in [-0.25, -0.2) is 4.39 Å². The fourth-order valence-electron chi connectivity index (χ4n) is 1.65. The van der Waals surface area contributed by atoms with Crippen molar-refractivity contribution in [3.05, 3.63) is 41.7 Å². The van der Waals surface area contributed by atoms with E-state index in [-0.39, 0.29) is 11.9 Å². The van der Waals surface area contributed by atoms with Gasteiger partial charge >= 0.3 is 0 Å². The van der Waals surface area contributed by atoms with Gasteiger partial charge in [0.15, 0.2) is 0 Å².